The molecule has 4 rings (SSSR count). The Bertz CT molecular complexity index is 1280. The molecule has 1 fully saturated rings. The lowest BCUT2D eigenvalue weighted by Gasteiger charge is -2.34. The molecule has 0 unspecified atom stereocenters. The number of aromatic nitrogens is 3. The van der Waals surface area contributed by atoms with E-state index in [0.29, 0.717) is 46.2 Å². The van der Waals surface area contributed by atoms with Gasteiger partial charge in [0.05, 0.1) is 24.2 Å². The average molecular weight is 515 g/mol. The van der Waals surface area contributed by atoms with Crippen LogP contribution in [0.4, 0.5) is 4.79 Å². The number of aryl methyl sites for hydroxylation is 1. The molecule has 1 aliphatic heterocycles. The summed E-state index contributed by atoms with van der Waals surface area (Å²) in [6.07, 6.45) is 4.03. The fraction of sp³-hybridized carbons (Fsp3) is 0.462. The van der Waals surface area contributed by atoms with Gasteiger partial charge in [-0.2, -0.15) is 5.10 Å². The Kier molecular flexibility index (Phi) is 7.40. The third kappa shape index (κ3) is 5.73. The summed E-state index contributed by atoms with van der Waals surface area (Å²) >= 11 is 6.44. The second-order valence-electron chi connectivity index (χ2n) is 9.80. The van der Waals surface area contributed by atoms with Gasteiger partial charge in [0.15, 0.2) is 0 Å². The summed E-state index contributed by atoms with van der Waals surface area (Å²) in [6.45, 7) is 10.5. The van der Waals surface area contributed by atoms with Gasteiger partial charge in [0.2, 0.25) is 0 Å². The maximum absolute atomic E-state index is 12.6. The highest BCUT2D eigenvalue weighted by molar-refractivity contribution is 6.31. The van der Waals surface area contributed by atoms with E-state index in [0.717, 1.165) is 18.4 Å². The van der Waals surface area contributed by atoms with Crippen LogP contribution in [0.5, 0.6) is 5.75 Å². The Hall–Kier alpha value is -3.33. The van der Waals surface area contributed by atoms with E-state index in [-0.39, 0.29) is 18.8 Å². The first-order chi connectivity index (χ1) is 17.1. The first-order valence-electron chi connectivity index (χ1n) is 12.0. The maximum Gasteiger partial charge on any atom is 0.410 e. The summed E-state index contributed by atoms with van der Waals surface area (Å²) in [7, 11) is 0. The fourth-order valence-corrected chi connectivity index (χ4v) is 4.49. The van der Waals surface area contributed by atoms with Gasteiger partial charge < -0.3 is 19.1 Å². The van der Waals surface area contributed by atoms with Crippen molar-refractivity contribution in [3.05, 3.63) is 46.9 Å². The second-order valence-corrected chi connectivity index (χ2v) is 10.2. The summed E-state index contributed by atoms with van der Waals surface area (Å²) < 4.78 is 18.8. The van der Waals surface area contributed by atoms with Crippen LogP contribution in [0.25, 0.3) is 16.8 Å². The molecule has 0 saturated carbocycles. The van der Waals surface area contributed by atoms with Gasteiger partial charge >= 0.3 is 12.1 Å². The van der Waals surface area contributed by atoms with Crippen LogP contribution in [0.15, 0.2) is 30.7 Å². The van der Waals surface area contributed by atoms with E-state index in [2.05, 4.69) is 10.1 Å². The zero-order chi connectivity index (χ0) is 26.0. The van der Waals surface area contributed by atoms with Crippen LogP contribution in [0.2, 0.25) is 5.02 Å². The Morgan fingerprint density at radius 2 is 2.00 bits per heavy atom. The van der Waals surface area contributed by atoms with Crippen molar-refractivity contribution in [2.75, 3.05) is 19.7 Å². The van der Waals surface area contributed by atoms with Crippen molar-refractivity contribution in [3.8, 4) is 17.0 Å². The first-order valence-corrected chi connectivity index (χ1v) is 12.4. The van der Waals surface area contributed by atoms with Crippen LogP contribution in [0.3, 0.4) is 0 Å². The molecule has 10 heteroatoms. The molecule has 1 amide bonds. The third-order valence-corrected chi connectivity index (χ3v) is 5.94. The molecule has 192 valence electrons. The molecule has 0 bridgehead atoms. The van der Waals surface area contributed by atoms with Gasteiger partial charge in [-0.1, -0.05) is 11.6 Å². The molecule has 1 saturated heterocycles. The minimum atomic E-state index is -0.567. The predicted octanol–water partition coefficient (Wildman–Crippen LogP) is 5.31. The second kappa shape index (κ2) is 10.3. The number of carbonyl (C=O) groups is 2. The Balaban J connectivity index is 1.67. The fourth-order valence-electron chi connectivity index (χ4n) is 4.22. The van der Waals surface area contributed by atoms with Gasteiger partial charge in [0.1, 0.15) is 29.5 Å². The molecule has 2 aromatic heterocycles. The van der Waals surface area contributed by atoms with Crippen LogP contribution in [-0.4, -0.2) is 63.0 Å². The minimum absolute atomic E-state index is 0.232. The van der Waals surface area contributed by atoms with Crippen molar-refractivity contribution in [2.24, 2.45) is 0 Å². The molecule has 3 heterocycles. The Labute approximate surface area is 215 Å². The molecule has 1 aromatic carbocycles. The van der Waals surface area contributed by atoms with E-state index in [1.54, 1.807) is 34.7 Å². The van der Waals surface area contributed by atoms with Crippen molar-refractivity contribution < 1.29 is 23.8 Å². The van der Waals surface area contributed by atoms with Gasteiger partial charge in [-0.3, -0.25) is 0 Å². The maximum atomic E-state index is 12.6. The third-order valence-electron chi connectivity index (χ3n) is 5.73. The Morgan fingerprint density at radius 1 is 1.22 bits per heavy atom. The number of benzene rings is 1. The molecule has 1 aliphatic rings. The van der Waals surface area contributed by atoms with Crippen LogP contribution in [-0.2, 0) is 9.47 Å². The highest BCUT2D eigenvalue weighted by atomic mass is 35.5. The summed E-state index contributed by atoms with van der Waals surface area (Å²) in [5.41, 5.74) is 2.51. The molecular formula is C26H31ClN4O5. The lowest BCUT2D eigenvalue weighted by Crippen LogP contribution is -2.46. The van der Waals surface area contributed by atoms with E-state index in [9.17, 15) is 9.59 Å². The van der Waals surface area contributed by atoms with Crippen molar-refractivity contribution in [3.63, 3.8) is 0 Å². The number of esters is 1. The lowest BCUT2D eigenvalue weighted by atomic mass is 10.0. The van der Waals surface area contributed by atoms with Gasteiger partial charge in [0.25, 0.3) is 0 Å². The zero-order valence-corrected chi connectivity index (χ0v) is 22.0. The Morgan fingerprint density at radius 3 is 2.72 bits per heavy atom. The first kappa shape index (κ1) is 25.8. The number of fused-ring (bicyclic) bond motifs is 1. The van der Waals surface area contributed by atoms with Gasteiger partial charge in [0, 0.05) is 23.3 Å². The number of amides is 1. The number of piperidine rings is 1. The van der Waals surface area contributed by atoms with E-state index in [1.807, 2.05) is 33.8 Å². The number of halogens is 1. The number of ether oxygens (including phenoxy) is 3. The topological polar surface area (TPSA) is 95.3 Å². The van der Waals surface area contributed by atoms with E-state index in [4.69, 9.17) is 25.8 Å². The summed E-state index contributed by atoms with van der Waals surface area (Å²) in [5.74, 6) is 0.187. The number of likely N-dealkylation sites (tertiary alicyclic amines) is 1. The molecule has 9 nitrogen and oxygen atoms in total. The quantitative estimate of drug-likeness (QED) is 0.425. The van der Waals surface area contributed by atoms with Gasteiger partial charge in [-0.15, -0.1) is 0 Å². The summed E-state index contributed by atoms with van der Waals surface area (Å²) in [6, 6.07) is 5.31. The molecule has 0 aliphatic carbocycles. The standard InChI is InChI=1S/C26H31ClN4O5/c1-6-34-24(32)17-11-21-22(28-15-29-31(21)13-17)20-12-18(27)10-16(2)23(20)35-19-8-7-9-30(14-19)25(33)36-26(3,4)5/h10-13,15,19H,6-9,14H2,1-5H3/t19-/m0/s1. The molecule has 3 aromatic rings. The highest BCUT2D eigenvalue weighted by Crippen LogP contribution is 2.38. The van der Waals surface area contributed by atoms with Crippen molar-refractivity contribution >= 4 is 29.2 Å². The average Bonchev–Trinajstić information content (AvgIpc) is 3.25. The minimum Gasteiger partial charge on any atom is -0.488 e. The number of hydrogen-bond acceptors (Lipinski definition) is 7. The van der Waals surface area contributed by atoms with Crippen molar-refractivity contribution in [1.29, 1.82) is 0 Å². The van der Waals surface area contributed by atoms with E-state index in [1.165, 1.54) is 6.33 Å². The largest absolute Gasteiger partial charge is 0.488 e. The molecular weight excluding hydrogens is 484 g/mol. The predicted molar refractivity (Wildman–Crippen MR) is 136 cm³/mol. The van der Waals surface area contributed by atoms with Crippen LogP contribution in [0, 0.1) is 6.92 Å². The number of carbonyl (C=O) groups excluding carboxylic acids is 2. The van der Waals surface area contributed by atoms with Gasteiger partial charge in [-0.05, 0) is 71.2 Å². The molecule has 0 spiro atoms. The normalized spacial score (nSPS) is 16.2. The SMILES string of the molecule is CCOC(=O)c1cc2c(-c3cc(Cl)cc(C)c3O[C@H]3CCCN(C(=O)OC(C)(C)C)C3)ncnn2c1. The number of hydrogen-bond donors (Lipinski definition) is 0. The van der Waals surface area contributed by atoms with E-state index >= 15 is 0 Å². The summed E-state index contributed by atoms with van der Waals surface area (Å²) in [4.78, 5) is 31.1. The molecule has 0 radical (unpaired) electrons. The smallest absolute Gasteiger partial charge is 0.410 e. The number of rotatable bonds is 5. The zero-order valence-electron chi connectivity index (χ0n) is 21.2. The number of nitrogens with zero attached hydrogens (tertiary/aromatic N) is 4. The van der Waals surface area contributed by atoms with Crippen LogP contribution < -0.4 is 4.74 Å². The highest BCUT2D eigenvalue weighted by Gasteiger charge is 2.30. The monoisotopic (exact) mass is 514 g/mol. The molecule has 36 heavy (non-hydrogen) atoms. The van der Waals surface area contributed by atoms with Gasteiger partial charge in [-0.25, -0.2) is 19.1 Å². The van der Waals surface area contributed by atoms with Crippen molar-refractivity contribution in [1.82, 2.24) is 19.5 Å². The van der Waals surface area contributed by atoms with Crippen LogP contribution >= 0.6 is 11.6 Å². The molecule has 1 atom stereocenters. The van der Waals surface area contributed by atoms with Crippen LogP contribution in [0.1, 0.15) is 56.5 Å². The van der Waals surface area contributed by atoms with Crippen molar-refractivity contribution in [2.45, 2.75) is 59.2 Å². The summed E-state index contributed by atoms with van der Waals surface area (Å²) in [5, 5.41) is 4.78. The van der Waals surface area contributed by atoms with E-state index < -0.39 is 11.6 Å². The molecule has 0 N–H and O–H groups in total. The lowest BCUT2D eigenvalue weighted by molar-refractivity contribution is 0.00775.